The fraction of sp³-hybridized carbons (Fsp3) is 0.333. The predicted molar refractivity (Wildman–Crippen MR) is 97.8 cm³/mol. The van der Waals surface area contributed by atoms with Gasteiger partial charge in [-0.15, -0.1) is 0 Å². The quantitative estimate of drug-likeness (QED) is 0.418. The highest BCUT2D eigenvalue weighted by molar-refractivity contribution is 6.11. The number of unbranched alkanes of at least 4 members (excludes halogenated alkanes) is 2. The van der Waals surface area contributed by atoms with E-state index in [1.165, 1.54) is 18.4 Å². The van der Waals surface area contributed by atoms with Crippen LogP contribution in [0.25, 0.3) is 21.5 Å². The average Bonchev–Trinajstić information content (AvgIpc) is 2.57. The number of aryl methyl sites for hydroxylation is 1. The lowest BCUT2D eigenvalue weighted by Crippen LogP contribution is -2.00. The van der Waals surface area contributed by atoms with E-state index in [-0.39, 0.29) is 0 Å². The lowest BCUT2D eigenvalue weighted by atomic mass is 9.99. The molecule has 0 aliphatic carbocycles. The van der Waals surface area contributed by atoms with Crippen molar-refractivity contribution in [3.63, 3.8) is 0 Å². The van der Waals surface area contributed by atoms with Gasteiger partial charge < -0.3 is 9.47 Å². The third-order valence-corrected chi connectivity index (χ3v) is 4.28. The molecule has 2 nitrogen and oxygen atoms in total. The van der Waals surface area contributed by atoms with Crippen molar-refractivity contribution in [2.45, 2.75) is 33.1 Å². The first kappa shape index (κ1) is 15.7. The highest BCUT2D eigenvalue weighted by Crippen LogP contribution is 2.42. The van der Waals surface area contributed by atoms with Crippen molar-refractivity contribution in [3.8, 4) is 11.5 Å². The van der Waals surface area contributed by atoms with Gasteiger partial charge in [0, 0.05) is 21.5 Å². The Morgan fingerprint density at radius 2 is 1.52 bits per heavy atom. The molecule has 120 valence electrons. The summed E-state index contributed by atoms with van der Waals surface area (Å²) in [6.07, 6.45) is 3.49. The zero-order valence-corrected chi connectivity index (χ0v) is 14.2. The topological polar surface area (TPSA) is 18.5 Å². The normalized spacial score (nSPS) is 11.1. The van der Waals surface area contributed by atoms with Crippen LogP contribution in [0.3, 0.4) is 0 Å². The zero-order valence-electron chi connectivity index (χ0n) is 14.2. The van der Waals surface area contributed by atoms with E-state index in [1.54, 1.807) is 7.11 Å². The average molecular weight is 308 g/mol. The van der Waals surface area contributed by atoms with Gasteiger partial charge in [-0.1, -0.05) is 61.7 Å². The highest BCUT2D eigenvalue weighted by atomic mass is 16.5. The molecule has 0 N–H and O–H groups in total. The Balaban J connectivity index is 2.21. The first-order valence-electron chi connectivity index (χ1n) is 8.38. The van der Waals surface area contributed by atoms with Gasteiger partial charge in [0.15, 0.2) is 0 Å². The Morgan fingerprint density at radius 1 is 0.826 bits per heavy atom. The Hall–Kier alpha value is -2.22. The summed E-state index contributed by atoms with van der Waals surface area (Å²) in [6, 6.07) is 14.8. The molecule has 0 bridgehead atoms. The maximum Gasteiger partial charge on any atom is 0.135 e. The first-order valence-corrected chi connectivity index (χ1v) is 8.38. The second kappa shape index (κ2) is 6.91. The van der Waals surface area contributed by atoms with Gasteiger partial charge >= 0.3 is 0 Å². The molecule has 0 unspecified atom stereocenters. The molecule has 0 aromatic heterocycles. The molecule has 0 heterocycles. The molecule has 23 heavy (non-hydrogen) atoms. The van der Waals surface area contributed by atoms with Gasteiger partial charge in [0.1, 0.15) is 11.5 Å². The Morgan fingerprint density at radius 3 is 2.22 bits per heavy atom. The molecular formula is C21H24O2. The van der Waals surface area contributed by atoms with Crippen molar-refractivity contribution < 1.29 is 9.47 Å². The lowest BCUT2D eigenvalue weighted by Gasteiger charge is -2.17. The zero-order chi connectivity index (χ0) is 16.2. The number of benzene rings is 3. The monoisotopic (exact) mass is 308 g/mol. The second-order valence-corrected chi connectivity index (χ2v) is 6.01. The third-order valence-electron chi connectivity index (χ3n) is 4.28. The highest BCUT2D eigenvalue weighted by Gasteiger charge is 2.15. The maximum atomic E-state index is 6.22. The van der Waals surface area contributed by atoms with Crippen LogP contribution in [0.4, 0.5) is 0 Å². The van der Waals surface area contributed by atoms with E-state index in [9.17, 15) is 0 Å². The van der Waals surface area contributed by atoms with E-state index < -0.39 is 0 Å². The van der Waals surface area contributed by atoms with Crippen molar-refractivity contribution in [3.05, 3.63) is 48.0 Å². The minimum absolute atomic E-state index is 0.757. The Labute approximate surface area is 138 Å². The van der Waals surface area contributed by atoms with Crippen LogP contribution in [0.15, 0.2) is 42.5 Å². The van der Waals surface area contributed by atoms with Crippen LogP contribution in [0, 0.1) is 6.92 Å². The second-order valence-electron chi connectivity index (χ2n) is 6.01. The molecule has 3 rings (SSSR count). The molecule has 2 heteroatoms. The number of hydrogen-bond acceptors (Lipinski definition) is 2. The summed E-state index contributed by atoms with van der Waals surface area (Å²) in [5.41, 5.74) is 1.23. The molecule has 0 fully saturated rings. The van der Waals surface area contributed by atoms with E-state index in [2.05, 4.69) is 50.2 Å². The van der Waals surface area contributed by atoms with Gasteiger partial charge in [0.2, 0.25) is 0 Å². The van der Waals surface area contributed by atoms with Crippen LogP contribution in [0.1, 0.15) is 31.7 Å². The summed E-state index contributed by atoms with van der Waals surface area (Å²) in [7, 11) is 1.74. The number of methoxy groups -OCH3 is 1. The molecular weight excluding hydrogens is 284 g/mol. The van der Waals surface area contributed by atoms with Gasteiger partial charge in [-0.3, -0.25) is 0 Å². The smallest absolute Gasteiger partial charge is 0.135 e. The summed E-state index contributed by atoms with van der Waals surface area (Å²) in [4.78, 5) is 0. The van der Waals surface area contributed by atoms with Crippen LogP contribution in [-0.4, -0.2) is 13.7 Å². The number of ether oxygens (including phenoxy) is 2. The van der Waals surface area contributed by atoms with E-state index in [0.29, 0.717) is 0 Å². The third kappa shape index (κ3) is 2.98. The Kier molecular flexibility index (Phi) is 4.71. The molecule has 0 aliphatic rings. The molecule has 3 aromatic rings. The van der Waals surface area contributed by atoms with E-state index in [4.69, 9.17) is 9.47 Å². The largest absolute Gasteiger partial charge is 0.495 e. The van der Waals surface area contributed by atoms with Gasteiger partial charge in [-0.05, 0) is 19.4 Å². The van der Waals surface area contributed by atoms with E-state index >= 15 is 0 Å². The minimum atomic E-state index is 0.757. The molecule has 0 aliphatic heterocycles. The number of hydrogen-bond donors (Lipinski definition) is 0. The van der Waals surface area contributed by atoms with Crippen LogP contribution in [0.2, 0.25) is 0 Å². The van der Waals surface area contributed by atoms with Crippen molar-refractivity contribution >= 4 is 21.5 Å². The molecule has 0 atom stereocenters. The fourth-order valence-electron chi connectivity index (χ4n) is 3.11. The van der Waals surface area contributed by atoms with Crippen LogP contribution >= 0.6 is 0 Å². The first-order chi connectivity index (χ1) is 11.3. The summed E-state index contributed by atoms with van der Waals surface area (Å²) >= 11 is 0. The number of rotatable bonds is 6. The minimum Gasteiger partial charge on any atom is -0.495 e. The fourth-order valence-corrected chi connectivity index (χ4v) is 3.11. The predicted octanol–water partition coefficient (Wildman–Crippen LogP) is 5.88. The summed E-state index contributed by atoms with van der Waals surface area (Å²) in [5.74, 6) is 1.91. The van der Waals surface area contributed by atoms with Crippen LogP contribution < -0.4 is 9.47 Å². The summed E-state index contributed by atoms with van der Waals surface area (Å²) < 4.78 is 12.0. The lowest BCUT2D eigenvalue weighted by molar-refractivity contribution is 0.313. The van der Waals surface area contributed by atoms with E-state index in [1.807, 2.05) is 6.07 Å². The molecule has 0 radical (unpaired) electrons. The molecule has 3 aromatic carbocycles. The van der Waals surface area contributed by atoms with Gasteiger partial charge in [0.25, 0.3) is 0 Å². The number of fused-ring (bicyclic) bond motifs is 2. The van der Waals surface area contributed by atoms with Gasteiger partial charge in [-0.2, -0.15) is 0 Å². The van der Waals surface area contributed by atoms with Crippen LogP contribution in [0.5, 0.6) is 11.5 Å². The SMILES string of the molecule is CCCCCOc1c2ccccc2c(OC)c2cc(C)ccc12. The van der Waals surface area contributed by atoms with Crippen molar-refractivity contribution in [2.75, 3.05) is 13.7 Å². The summed E-state index contributed by atoms with van der Waals surface area (Å²) in [5, 5.41) is 4.48. The van der Waals surface area contributed by atoms with Gasteiger partial charge in [0.05, 0.1) is 13.7 Å². The molecule has 0 spiro atoms. The molecule has 0 saturated heterocycles. The van der Waals surface area contributed by atoms with Crippen molar-refractivity contribution in [2.24, 2.45) is 0 Å². The van der Waals surface area contributed by atoms with Crippen molar-refractivity contribution in [1.82, 2.24) is 0 Å². The van der Waals surface area contributed by atoms with Crippen LogP contribution in [-0.2, 0) is 0 Å². The van der Waals surface area contributed by atoms with Crippen molar-refractivity contribution in [1.29, 1.82) is 0 Å². The molecule has 0 saturated carbocycles. The Bertz CT molecular complexity index is 821. The van der Waals surface area contributed by atoms with E-state index in [0.717, 1.165) is 46.1 Å². The maximum absolute atomic E-state index is 6.22. The van der Waals surface area contributed by atoms with Gasteiger partial charge in [-0.25, -0.2) is 0 Å². The standard InChI is InChI=1S/C21H24O2/c1-4-5-8-13-23-21-17-10-7-6-9-16(17)20(22-3)19-14-15(2)11-12-18(19)21/h6-7,9-12,14H,4-5,8,13H2,1-3H3. The molecule has 0 amide bonds. The summed E-state index contributed by atoms with van der Waals surface area (Å²) in [6.45, 7) is 5.07.